The number of pyridine rings is 2. The summed E-state index contributed by atoms with van der Waals surface area (Å²) in [7, 11) is 1.74. The summed E-state index contributed by atoms with van der Waals surface area (Å²) < 4.78 is 1.69. The van der Waals surface area contributed by atoms with E-state index in [0.717, 1.165) is 22.8 Å². The van der Waals surface area contributed by atoms with Crippen LogP contribution >= 0.6 is 24.0 Å². The molecule has 146 valence electrons. The van der Waals surface area contributed by atoms with Crippen molar-refractivity contribution in [3.05, 3.63) is 100 Å². The molecule has 0 amide bonds. The molecule has 6 nitrogen and oxygen atoms in total. The summed E-state index contributed by atoms with van der Waals surface area (Å²) in [5.41, 5.74) is 3.19. The lowest BCUT2D eigenvalue weighted by atomic mass is 10.1. The summed E-state index contributed by atoms with van der Waals surface area (Å²) >= 11 is 0. The van der Waals surface area contributed by atoms with Gasteiger partial charge in [0.05, 0.1) is 18.8 Å². The average molecular weight is 489 g/mol. The van der Waals surface area contributed by atoms with Crippen molar-refractivity contribution in [1.29, 1.82) is 0 Å². The van der Waals surface area contributed by atoms with Crippen molar-refractivity contribution in [3.8, 4) is 0 Å². The van der Waals surface area contributed by atoms with Gasteiger partial charge in [-0.15, -0.1) is 24.0 Å². The van der Waals surface area contributed by atoms with Gasteiger partial charge in [0.1, 0.15) is 0 Å². The van der Waals surface area contributed by atoms with Crippen molar-refractivity contribution in [2.24, 2.45) is 4.99 Å². The maximum Gasteiger partial charge on any atom is 0.250 e. The molecule has 0 aliphatic carbocycles. The molecule has 1 aromatic carbocycles. The summed E-state index contributed by atoms with van der Waals surface area (Å²) in [5, 5.41) is 6.53. The van der Waals surface area contributed by atoms with E-state index < -0.39 is 0 Å². The fourth-order valence-corrected chi connectivity index (χ4v) is 2.63. The minimum absolute atomic E-state index is 0. The molecule has 0 fully saturated rings. The fraction of sp³-hybridized carbons (Fsp3) is 0.190. The highest BCUT2D eigenvalue weighted by atomic mass is 127. The Hall–Kier alpha value is -2.68. The summed E-state index contributed by atoms with van der Waals surface area (Å²) in [5.74, 6) is 0.723. The van der Waals surface area contributed by atoms with Crippen molar-refractivity contribution in [1.82, 2.24) is 20.2 Å². The van der Waals surface area contributed by atoms with E-state index in [2.05, 4.69) is 32.7 Å². The predicted octanol–water partition coefficient (Wildman–Crippen LogP) is 2.77. The van der Waals surface area contributed by atoms with Gasteiger partial charge in [-0.3, -0.25) is 14.8 Å². The van der Waals surface area contributed by atoms with E-state index in [9.17, 15) is 4.79 Å². The lowest BCUT2D eigenvalue weighted by Gasteiger charge is -2.12. The zero-order valence-electron chi connectivity index (χ0n) is 15.7. The number of nitrogens with one attached hydrogen (secondary N) is 2. The van der Waals surface area contributed by atoms with Gasteiger partial charge < -0.3 is 15.2 Å². The van der Waals surface area contributed by atoms with Crippen LogP contribution in [0, 0.1) is 0 Å². The van der Waals surface area contributed by atoms with Gasteiger partial charge in [-0.25, -0.2) is 0 Å². The largest absolute Gasteiger partial charge is 0.352 e. The summed E-state index contributed by atoms with van der Waals surface area (Å²) in [6.07, 6.45) is 3.58. The Labute approximate surface area is 181 Å². The summed E-state index contributed by atoms with van der Waals surface area (Å²) in [6, 6.07) is 19.2. The second-order valence-corrected chi connectivity index (χ2v) is 6.08. The van der Waals surface area contributed by atoms with Crippen LogP contribution in [0.5, 0.6) is 0 Å². The van der Waals surface area contributed by atoms with E-state index in [4.69, 9.17) is 0 Å². The highest BCUT2D eigenvalue weighted by molar-refractivity contribution is 14.0. The van der Waals surface area contributed by atoms with E-state index in [-0.39, 0.29) is 29.5 Å². The Morgan fingerprint density at radius 3 is 2.36 bits per heavy atom. The molecule has 0 spiro atoms. The second-order valence-electron chi connectivity index (χ2n) is 6.08. The minimum Gasteiger partial charge on any atom is -0.352 e. The normalized spacial score (nSPS) is 10.8. The van der Waals surface area contributed by atoms with Crippen LogP contribution in [0.2, 0.25) is 0 Å². The summed E-state index contributed by atoms with van der Waals surface area (Å²) in [6.45, 7) is 1.85. The molecule has 0 saturated carbocycles. The number of hydrogen-bond donors (Lipinski definition) is 2. The molecular weight excluding hydrogens is 465 g/mol. The molecule has 3 aromatic rings. The number of nitrogens with zero attached hydrogens (tertiary/aromatic N) is 3. The smallest absolute Gasteiger partial charge is 0.250 e. The third kappa shape index (κ3) is 6.49. The number of hydrogen-bond acceptors (Lipinski definition) is 3. The quantitative estimate of drug-likeness (QED) is 0.318. The third-order valence-corrected chi connectivity index (χ3v) is 4.12. The first kappa shape index (κ1) is 21.6. The lowest BCUT2D eigenvalue weighted by Crippen LogP contribution is -2.36. The molecule has 2 aromatic heterocycles. The molecule has 0 radical (unpaired) electrons. The zero-order chi connectivity index (χ0) is 18.9. The van der Waals surface area contributed by atoms with E-state index in [0.29, 0.717) is 19.6 Å². The molecule has 0 atom stereocenters. The Morgan fingerprint density at radius 2 is 1.68 bits per heavy atom. The number of aliphatic imine (C=N–C) groups is 1. The van der Waals surface area contributed by atoms with Crippen molar-refractivity contribution >= 4 is 29.9 Å². The van der Waals surface area contributed by atoms with Gasteiger partial charge in [-0.1, -0.05) is 36.4 Å². The van der Waals surface area contributed by atoms with E-state index >= 15 is 0 Å². The molecule has 0 saturated heterocycles. The number of halogens is 1. The molecule has 2 heterocycles. The van der Waals surface area contributed by atoms with Crippen molar-refractivity contribution in [2.45, 2.75) is 19.6 Å². The van der Waals surface area contributed by atoms with E-state index in [1.807, 2.05) is 36.4 Å². The van der Waals surface area contributed by atoms with Crippen LogP contribution in [-0.2, 0) is 19.6 Å². The van der Waals surface area contributed by atoms with Crippen LogP contribution in [-0.4, -0.2) is 22.6 Å². The summed E-state index contributed by atoms with van der Waals surface area (Å²) in [4.78, 5) is 20.3. The third-order valence-electron chi connectivity index (χ3n) is 4.12. The van der Waals surface area contributed by atoms with Crippen LogP contribution in [0.25, 0.3) is 0 Å². The number of benzene rings is 1. The van der Waals surface area contributed by atoms with Gasteiger partial charge >= 0.3 is 0 Å². The van der Waals surface area contributed by atoms with Gasteiger partial charge in [0.2, 0.25) is 0 Å². The van der Waals surface area contributed by atoms with E-state index in [1.165, 1.54) is 0 Å². The molecule has 7 heteroatoms. The Balaban J connectivity index is 0.00000280. The first-order valence-electron chi connectivity index (χ1n) is 8.82. The monoisotopic (exact) mass is 489 g/mol. The molecule has 0 aliphatic heterocycles. The molecule has 2 N–H and O–H groups in total. The Morgan fingerprint density at radius 1 is 0.964 bits per heavy atom. The van der Waals surface area contributed by atoms with Gasteiger partial charge in [0.15, 0.2) is 5.96 Å². The molecule has 0 bridgehead atoms. The number of guanidine groups is 1. The first-order valence-corrected chi connectivity index (χ1v) is 8.82. The topological polar surface area (TPSA) is 71.3 Å². The van der Waals surface area contributed by atoms with Crippen LogP contribution in [0.15, 0.2) is 82.8 Å². The van der Waals surface area contributed by atoms with E-state index in [1.54, 1.807) is 36.1 Å². The predicted molar refractivity (Wildman–Crippen MR) is 123 cm³/mol. The Kier molecular flexibility index (Phi) is 8.67. The highest BCUT2D eigenvalue weighted by Gasteiger charge is 2.01. The second kappa shape index (κ2) is 11.2. The van der Waals surface area contributed by atoms with Crippen LogP contribution in [0.1, 0.15) is 16.8 Å². The highest BCUT2D eigenvalue weighted by Crippen LogP contribution is 2.05. The average Bonchev–Trinajstić information content (AvgIpc) is 2.72. The molecule has 0 unspecified atom stereocenters. The van der Waals surface area contributed by atoms with Gasteiger partial charge in [0.25, 0.3) is 5.56 Å². The molecule has 0 aliphatic rings. The maximum absolute atomic E-state index is 11.8. The van der Waals surface area contributed by atoms with Gasteiger partial charge in [-0.2, -0.15) is 0 Å². The van der Waals surface area contributed by atoms with Crippen molar-refractivity contribution < 1.29 is 0 Å². The molecule has 3 rings (SSSR count). The van der Waals surface area contributed by atoms with Gasteiger partial charge in [-0.05, 0) is 29.3 Å². The molecular formula is C21H24IN5O. The lowest BCUT2D eigenvalue weighted by molar-refractivity contribution is 0.757. The van der Waals surface area contributed by atoms with Crippen LogP contribution in [0.3, 0.4) is 0 Å². The van der Waals surface area contributed by atoms with Crippen molar-refractivity contribution in [3.63, 3.8) is 0 Å². The van der Waals surface area contributed by atoms with Crippen LogP contribution in [0.4, 0.5) is 0 Å². The Bertz CT molecular complexity index is 939. The van der Waals surface area contributed by atoms with Crippen molar-refractivity contribution in [2.75, 3.05) is 7.05 Å². The SMILES string of the molecule is CN=C(NCc1ccc(Cn2ccccc2=O)cc1)NCc1ccccn1.I. The number of rotatable bonds is 6. The zero-order valence-corrected chi connectivity index (χ0v) is 18.0. The van der Waals surface area contributed by atoms with Crippen LogP contribution < -0.4 is 16.2 Å². The maximum atomic E-state index is 11.8. The minimum atomic E-state index is 0. The fourth-order valence-electron chi connectivity index (χ4n) is 2.63. The first-order chi connectivity index (χ1) is 13.2. The number of aromatic nitrogens is 2. The van der Waals surface area contributed by atoms with Gasteiger partial charge in [0, 0.05) is 32.1 Å². The standard InChI is InChI=1S/C21H23N5O.HI/c1-22-21(25-15-19-6-2-4-12-23-19)24-14-17-8-10-18(11-9-17)16-26-13-5-3-7-20(26)27;/h2-13H,14-16H2,1H3,(H2,22,24,25);1H. The molecule has 28 heavy (non-hydrogen) atoms.